The van der Waals surface area contributed by atoms with E-state index in [1.54, 1.807) is 53.1 Å². The second kappa shape index (κ2) is 9.70. The molecule has 0 saturated carbocycles. The summed E-state index contributed by atoms with van der Waals surface area (Å²) in [5.41, 5.74) is 1.73. The van der Waals surface area contributed by atoms with Gasteiger partial charge in [-0.3, -0.25) is 9.59 Å². The number of halogens is 2. The van der Waals surface area contributed by atoms with Crippen molar-refractivity contribution in [2.75, 3.05) is 10.6 Å². The summed E-state index contributed by atoms with van der Waals surface area (Å²) in [6, 6.07) is 19.5. The molecule has 4 rings (SSSR count). The molecule has 0 bridgehead atoms. The number of aromatic nitrogens is 1. The molecule has 0 atom stereocenters. The highest BCUT2D eigenvalue weighted by Crippen LogP contribution is 2.27. The number of amides is 2. The minimum atomic E-state index is -0.688. The van der Waals surface area contributed by atoms with E-state index in [4.69, 9.17) is 0 Å². The van der Waals surface area contributed by atoms with Gasteiger partial charge < -0.3 is 15.2 Å². The number of carbonyl (C=O) groups excluding carboxylic acids is 2. The summed E-state index contributed by atoms with van der Waals surface area (Å²) in [7, 11) is 0. The maximum absolute atomic E-state index is 14.5. The number of hydrogen-bond acceptors (Lipinski definition) is 2. The van der Waals surface area contributed by atoms with E-state index in [1.165, 1.54) is 18.2 Å². The van der Waals surface area contributed by atoms with Gasteiger partial charge in [-0.05, 0) is 53.9 Å². The van der Waals surface area contributed by atoms with Crippen molar-refractivity contribution in [3.63, 3.8) is 0 Å². The number of nitrogens with zero attached hydrogens (tertiary/aromatic N) is 1. The van der Waals surface area contributed by atoms with E-state index in [1.807, 2.05) is 26.8 Å². The van der Waals surface area contributed by atoms with E-state index in [2.05, 4.69) is 10.6 Å². The lowest BCUT2D eigenvalue weighted by atomic mass is 9.92. The first-order chi connectivity index (χ1) is 16.6. The second-order valence-electron chi connectivity index (χ2n) is 9.70. The first-order valence-electron chi connectivity index (χ1n) is 11.3. The molecule has 1 aromatic heterocycles. The van der Waals surface area contributed by atoms with Crippen molar-refractivity contribution < 1.29 is 18.4 Å². The van der Waals surface area contributed by atoms with E-state index in [0.29, 0.717) is 28.7 Å². The SMILES string of the molecule is CC(C)(C)CC(=O)Nc1ccc2c(c1)cc(C(=O)Nc1ccccc1)n2Cc1c(F)cccc1F. The zero-order chi connectivity index (χ0) is 25.2. The van der Waals surface area contributed by atoms with Crippen LogP contribution in [0.1, 0.15) is 43.2 Å². The monoisotopic (exact) mass is 475 g/mol. The minimum absolute atomic E-state index is 0.119. The molecule has 35 heavy (non-hydrogen) atoms. The van der Waals surface area contributed by atoms with Crippen LogP contribution in [0.3, 0.4) is 0 Å². The Balaban J connectivity index is 1.74. The highest BCUT2D eigenvalue weighted by Gasteiger charge is 2.20. The van der Waals surface area contributed by atoms with Crippen LogP contribution in [0.4, 0.5) is 20.2 Å². The molecule has 4 aromatic rings. The molecular formula is C28H27F2N3O2. The van der Waals surface area contributed by atoms with Crippen molar-refractivity contribution in [1.29, 1.82) is 0 Å². The normalized spacial score (nSPS) is 11.5. The van der Waals surface area contributed by atoms with Crippen LogP contribution in [0, 0.1) is 17.0 Å². The third-order valence-corrected chi connectivity index (χ3v) is 5.52. The fourth-order valence-corrected chi connectivity index (χ4v) is 3.95. The Bertz CT molecular complexity index is 1370. The first kappa shape index (κ1) is 24.1. The molecule has 0 radical (unpaired) electrons. The Kier molecular flexibility index (Phi) is 6.69. The Morgan fingerprint density at radius 3 is 2.17 bits per heavy atom. The summed E-state index contributed by atoms with van der Waals surface area (Å²) in [5, 5.41) is 6.38. The summed E-state index contributed by atoms with van der Waals surface area (Å²) in [5.74, 6) is -1.91. The van der Waals surface area contributed by atoms with Crippen LogP contribution in [-0.2, 0) is 11.3 Å². The summed E-state index contributed by atoms with van der Waals surface area (Å²) in [4.78, 5) is 25.6. The van der Waals surface area contributed by atoms with Gasteiger partial charge in [-0.2, -0.15) is 0 Å². The molecule has 0 saturated heterocycles. The van der Waals surface area contributed by atoms with Crippen molar-refractivity contribution in [3.8, 4) is 0 Å². The molecule has 5 nitrogen and oxygen atoms in total. The van der Waals surface area contributed by atoms with Crippen LogP contribution in [0.5, 0.6) is 0 Å². The molecule has 0 fully saturated rings. The van der Waals surface area contributed by atoms with E-state index in [-0.39, 0.29) is 29.1 Å². The zero-order valence-electron chi connectivity index (χ0n) is 19.9. The summed E-state index contributed by atoms with van der Waals surface area (Å²) < 4.78 is 30.5. The van der Waals surface area contributed by atoms with Crippen molar-refractivity contribution in [2.24, 2.45) is 5.41 Å². The number of hydrogen-bond donors (Lipinski definition) is 2. The summed E-state index contributed by atoms with van der Waals surface area (Å²) in [6.07, 6.45) is 0.351. The van der Waals surface area contributed by atoms with Gasteiger partial charge in [0.2, 0.25) is 5.91 Å². The second-order valence-corrected chi connectivity index (χ2v) is 9.70. The lowest BCUT2D eigenvalue weighted by molar-refractivity contribution is -0.117. The van der Waals surface area contributed by atoms with Crippen molar-refractivity contribution >= 4 is 34.1 Å². The third-order valence-electron chi connectivity index (χ3n) is 5.52. The van der Waals surface area contributed by atoms with Crippen LogP contribution < -0.4 is 10.6 Å². The van der Waals surface area contributed by atoms with Crippen LogP contribution in [0.2, 0.25) is 0 Å². The molecule has 3 aromatic carbocycles. The lowest BCUT2D eigenvalue weighted by Crippen LogP contribution is -2.19. The average molecular weight is 476 g/mol. The van der Waals surface area contributed by atoms with Gasteiger partial charge in [0.05, 0.1) is 6.54 Å². The van der Waals surface area contributed by atoms with E-state index in [9.17, 15) is 18.4 Å². The van der Waals surface area contributed by atoms with Crippen LogP contribution in [0.25, 0.3) is 10.9 Å². The largest absolute Gasteiger partial charge is 0.332 e. The fourth-order valence-electron chi connectivity index (χ4n) is 3.95. The van der Waals surface area contributed by atoms with Gasteiger partial charge in [0, 0.05) is 34.3 Å². The Morgan fingerprint density at radius 2 is 1.51 bits per heavy atom. The zero-order valence-corrected chi connectivity index (χ0v) is 19.9. The molecule has 0 aliphatic carbocycles. The summed E-state index contributed by atoms with van der Waals surface area (Å²) in [6.45, 7) is 5.77. The number of nitrogens with one attached hydrogen (secondary N) is 2. The highest BCUT2D eigenvalue weighted by atomic mass is 19.1. The highest BCUT2D eigenvalue weighted by molar-refractivity contribution is 6.07. The Hall–Kier alpha value is -4.00. The van der Waals surface area contributed by atoms with Gasteiger partial charge in [0.1, 0.15) is 17.3 Å². The maximum Gasteiger partial charge on any atom is 0.272 e. The lowest BCUT2D eigenvalue weighted by Gasteiger charge is -2.17. The minimum Gasteiger partial charge on any atom is -0.332 e. The number of benzene rings is 3. The molecular weight excluding hydrogens is 448 g/mol. The van der Waals surface area contributed by atoms with E-state index < -0.39 is 17.5 Å². The molecule has 0 aliphatic heterocycles. The van der Waals surface area contributed by atoms with Crippen molar-refractivity contribution in [1.82, 2.24) is 4.57 Å². The standard InChI is InChI=1S/C28H27F2N3O2/c1-28(2,3)16-26(34)31-20-12-13-24-18(14-20)15-25(27(35)32-19-8-5-4-6-9-19)33(24)17-21-22(29)10-7-11-23(21)30/h4-15H,16-17H2,1-3H3,(H,31,34)(H,32,35). The molecule has 0 spiro atoms. The van der Waals surface area contributed by atoms with Crippen LogP contribution in [0.15, 0.2) is 72.8 Å². The topological polar surface area (TPSA) is 63.1 Å². The van der Waals surface area contributed by atoms with Gasteiger partial charge in [-0.25, -0.2) is 8.78 Å². The first-order valence-corrected chi connectivity index (χ1v) is 11.3. The maximum atomic E-state index is 14.5. The molecule has 0 unspecified atom stereocenters. The predicted octanol–water partition coefficient (Wildman–Crippen LogP) is 6.59. The molecule has 1 heterocycles. The summed E-state index contributed by atoms with van der Waals surface area (Å²) >= 11 is 0. The van der Waals surface area contributed by atoms with Gasteiger partial charge in [-0.1, -0.05) is 45.0 Å². The van der Waals surface area contributed by atoms with E-state index in [0.717, 1.165) is 0 Å². The molecule has 180 valence electrons. The number of rotatable bonds is 6. The van der Waals surface area contributed by atoms with Crippen LogP contribution >= 0.6 is 0 Å². The Morgan fingerprint density at radius 1 is 0.829 bits per heavy atom. The third kappa shape index (κ3) is 5.74. The fraction of sp³-hybridized carbons (Fsp3) is 0.214. The molecule has 2 N–H and O–H groups in total. The van der Waals surface area contributed by atoms with Crippen molar-refractivity contribution in [2.45, 2.75) is 33.7 Å². The Labute approximate surface area is 202 Å². The average Bonchev–Trinajstić information content (AvgIpc) is 3.13. The quantitative estimate of drug-likeness (QED) is 0.330. The number of para-hydroxylation sites is 1. The van der Waals surface area contributed by atoms with Gasteiger partial charge in [-0.15, -0.1) is 0 Å². The van der Waals surface area contributed by atoms with Gasteiger partial charge in [0.15, 0.2) is 0 Å². The van der Waals surface area contributed by atoms with E-state index >= 15 is 0 Å². The molecule has 0 aliphatic rings. The van der Waals surface area contributed by atoms with Crippen LogP contribution in [-0.4, -0.2) is 16.4 Å². The molecule has 2 amide bonds. The predicted molar refractivity (Wildman–Crippen MR) is 134 cm³/mol. The van der Waals surface area contributed by atoms with Crippen molar-refractivity contribution in [3.05, 3.63) is 95.7 Å². The number of carbonyl (C=O) groups is 2. The molecule has 7 heteroatoms. The van der Waals surface area contributed by atoms with Gasteiger partial charge >= 0.3 is 0 Å². The number of anilines is 2. The van der Waals surface area contributed by atoms with Gasteiger partial charge in [0.25, 0.3) is 5.91 Å². The smallest absolute Gasteiger partial charge is 0.272 e. The number of fused-ring (bicyclic) bond motifs is 1.